The molecule has 0 aliphatic rings. The highest BCUT2D eigenvalue weighted by Gasteiger charge is 2.31. The lowest BCUT2D eigenvalue weighted by Crippen LogP contribution is -2.09. The van der Waals surface area contributed by atoms with Crippen LogP contribution < -0.4 is 0 Å². The number of rotatable bonds is 2. The molecule has 0 saturated heterocycles. The van der Waals surface area contributed by atoms with Gasteiger partial charge in [-0.1, -0.05) is 48.5 Å². The summed E-state index contributed by atoms with van der Waals surface area (Å²) in [5.41, 5.74) is 1.25. The molecule has 0 aromatic heterocycles. The number of halogens is 2. The van der Waals surface area contributed by atoms with Crippen molar-refractivity contribution in [3.8, 4) is 17.2 Å². The van der Waals surface area contributed by atoms with Gasteiger partial charge in [-0.15, -0.1) is 0 Å². The highest BCUT2D eigenvalue weighted by Crippen LogP contribution is 2.30. The molecule has 0 N–H and O–H groups in total. The third kappa shape index (κ3) is 2.31. The van der Waals surface area contributed by atoms with Crippen LogP contribution in [0.5, 0.6) is 0 Å². The molecular weight excluding hydrogens is 220 g/mol. The molecule has 0 aliphatic carbocycles. The van der Waals surface area contributed by atoms with Crippen molar-refractivity contribution in [1.82, 2.24) is 0 Å². The van der Waals surface area contributed by atoms with Crippen LogP contribution in [0.15, 0.2) is 54.6 Å². The lowest BCUT2D eigenvalue weighted by Gasteiger charge is -2.09. The Kier molecular flexibility index (Phi) is 2.88. The molecule has 0 atom stereocenters. The van der Waals surface area contributed by atoms with Crippen molar-refractivity contribution >= 4 is 0 Å². The van der Waals surface area contributed by atoms with Crippen LogP contribution in [-0.4, -0.2) is 0 Å². The monoisotopic (exact) mass is 229 g/mol. The first-order valence-electron chi connectivity index (χ1n) is 5.08. The predicted octanol–water partition coefficient (Wildman–Crippen LogP) is 3.97. The fourth-order valence-corrected chi connectivity index (χ4v) is 1.59. The second-order valence-electron chi connectivity index (χ2n) is 3.63. The van der Waals surface area contributed by atoms with Crippen LogP contribution in [0.4, 0.5) is 8.78 Å². The van der Waals surface area contributed by atoms with Crippen LogP contribution in [0, 0.1) is 11.3 Å². The Labute approximate surface area is 97.9 Å². The minimum absolute atomic E-state index is 0.277. The van der Waals surface area contributed by atoms with Gasteiger partial charge in [0.2, 0.25) is 0 Å². The maximum atomic E-state index is 13.2. The molecule has 17 heavy (non-hydrogen) atoms. The van der Waals surface area contributed by atoms with E-state index in [0.717, 1.165) is 11.6 Å². The molecule has 2 aromatic carbocycles. The minimum Gasteiger partial charge on any atom is -0.191 e. The number of benzene rings is 2. The third-order valence-corrected chi connectivity index (χ3v) is 2.47. The number of nitrogens with zero attached hydrogens (tertiary/aromatic N) is 1. The normalized spacial score (nSPS) is 10.9. The standard InChI is InChI=1S/C14H9F2N/c15-14(16,10-17)13-8-4-7-12(9-13)11-5-2-1-3-6-11/h1-9H. The molecule has 2 rings (SSSR count). The summed E-state index contributed by atoms with van der Waals surface area (Å²) in [5.74, 6) is -3.44. The van der Waals surface area contributed by atoms with Crippen molar-refractivity contribution in [3.63, 3.8) is 0 Å². The second kappa shape index (κ2) is 4.34. The van der Waals surface area contributed by atoms with Crippen LogP contribution in [0.3, 0.4) is 0 Å². The van der Waals surface area contributed by atoms with E-state index in [-0.39, 0.29) is 5.56 Å². The van der Waals surface area contributed by atoms with Gasteiger partial charge in [-0.25, -0.2) is 0 Å². The Hall–Kier alpha value is -2.21. The van der Waals surface area contributed by atoms with E-state index in [2.05, 4.69) is 0 Å². The molecule has 3 heteroatoms. The Bertz CT molecular complexity index is 556. The van der Waals surface area contributed by atoms with Gasteiger partial charge in [0, 0.05) is 5.56 Å². The fourth-order valence-electron chi connectivity index (χ4n) is 1.59. The summed E-state index contributed by atoms with van der Waals surface area (Å²) in [4.78, 5) is 0. The average Bonchev–Trinajstić information content (AvgIpc) is 2.40. The largest absolute Gasteiger partial charge is 0.357 e. The molecule has 0 unspecified atom stereocenters. The predicted molar refractivity (Wildman–Crippen MR) is 61.4 cm³/mol. The summed E-state index contributed by atoms with van der Waals surface area (Å²) in [5, 5.41) is 8.41. The van der Waals surface area contributed by atoms with Gasteiger partial charge >= 0.3 is 5.92 Å². The summed E-state index contributed by atoms with van der Waals surface area (Å²) < 4.78 is 26.4. The summed E-state index contributed by atoms with van der Waals surface area (Å²) >= 11 is 0. The maximum absolute atomic E-state index is 13.2. The van der Waals surface area contributed by atoms with Gasteiger partial charge in [0.25, 0.3) is 0 Å². The number of hydrogen-bond acceptors (Lipinski definition) is 1. The number of hydrogen-bond donors (Lipinski definition) is 0. The number of alkyl halides is 2. The molecular formula is C14H9F2N. The van der Waals surface area contributed by atoms with Crippen molar-refractivity contribution in [2.75, 3.05) is 0 Å². The second-order valence-corrected chi connectivity index (χ2v) is 3.63. The first kappa shape index (κ1) is 11.3. The topological polar surface area (TPSA) is 23.8 Å². The van der Waals surface area contributed by atoms with Crippen molar-refractivity contribution in [2.45, 2.75) is 5.92 Å². The summed E-state index contributed by atoms with van der Waals surface area (Å²) in [7, 11) is 0. The first-order valence-corrected chi connectivity index (χ1v) is 5.08. The molecule has 2 aromatic rings. The molecule has 0 radical (unpaired) electrons. The van der Waals surface area contributed by atoms with Gasteiger partial charge in [-0.2, -0.15) is 14.0 Å². The summed E-state index contributed by atoms with van der Waals surface area (Å²) in [6.07, 6.45) is 0. The van der Waals surface area contributed by atoms with E-state index < -0.39 is 5.92 Å². The Morgan fingerprint density at radius 1 is 0.882 bits per heavy atom. The molecule has 0 saturated carbocycles. The van der Waals surface area contributed by atoms with Gasteiger partial charge < -0.3 is 0 Å². The van der Waals surface area contributed by atoms with Crippen molar-refractivity contribution in [1.29, 1.82) is 5.26 Å². The molecule has 0 bridgehead atoms. The zero-order valence-electron chi connectivity index (χ0n) is 8.90. The smallest absolute Gasteiger partial charge is 0.191 e. The molecule has 0 amide bonds. The Morgan fingerprint density at radius 3 is 2.18 bits per heavy atom. The summed E-state index contributed by atoms with van der Waals surface area (Å²) in [6.45, 7) is 0. The molecule has 0 heterocycles. The molecule has 0 spiro atoms. The van der Waals surface area contributed by atoms with E-state index in [4.69, 9.17) is 5.26 Å². The highest BCUT2D eigenvalue weighted by atomic mass is 19.3. The zero-order valence-corrected chi connectivity index (χ0v) is 8.90. The zero-order chi connectivity index (χ0) is 12.3. The van der Waals surface area contributed by atoms with E-state index >= 15 is 0 Å². The lowest BCUT2D eigenvalue weighted by molar-refractivity contribution is 0.0613. The van der Waals surface area contributed by atoms with E-state index in [1.165, 1.54) is 18.2 Å². The SMILES string of the molecule is N#CC(F)(F)c1cccc(-c2ccccc2)c1. The van der Waals surface area contributed by atoms with Gasteiger partial charge in [0.15, 0.2) is 0 Å². The molecule has 0 fully saturated rings. The van der Waals surface area contributed by atoms with Crippen LogP contribution in [-0.2, 0) is 5.92 Å². The van der Waals surface area contributed by atoms with Crippen molar-refractivity contribution in [3.05, 3.63) is 60.2 Å². The lowest BCUT2D eigenvalue weighted by atomic mass is 10.0. The molecule has 84 valence electrons. The third-order valence-electron chi connectivity index (χ3n) is 2.47. The van der Waals surface area contributed by atoms with E-state index in [9.17, 15) is 8.78 Å². The van der Waals surface area contributed by atoms with Crippen molar-refractivity contribution in [2.24, 2.45) is 0 Å². The Balaban J connectivity index is 2.47. The van der Waals surface area contributed by atoms with Crippen LogP contribution in [0.25, 0.3) is 11.1 Å². The average molecular weight is 229 g/mol. The molecule has 1 nitrogen and oxygen atoms in total. The Morgan fingerprint density at radius 2 is 1.53 bits per heavy atom. The minimum atomic E-state index is -3.44. The highest BCUT2D eigenvalue weighted by molar-refractivity contribution is 5.64. The molecule has 0 aliphatic heterocycles. The van der Waals surface area contributed by atoms with Gasteiger partial charge in [0.05, 0.1) is 0 Å². The quantitative estimate of drug-likeness (QED) is 0.764. The fraction of sp³-hybridized carbons (Fsp3) is 0.0714. The first-order chi connectivity index (χ1) is 8.13. The van der Waals surface area contributed by atoms with E-state index in [0.29, 0.717) is 5.56 Å². The number of nitriles is 1. The van der Waals surface area contributed by atoms with Crippen molar-refractivity contribution < 1.29 is 8.78 Å². The van der Waals surface area contributed by atoms with Crippen LogP contribution >= 0.6 is 0 Å². The summed E-state index contributed by atoms with van der Waals surface area (Å²) in [6, 6.07) is 16.1. The van der Waals surface area contributed by atoms with Gasteiger partial charge in [-0.3, -0.25) is 0 Å². The maximum Gasteiger partial charge on any atom is 0.357 e. The van der Waals surface area contributed by atoms with E-state index in [1.807, 2.05) is 30.3 Å². The van der Waals surface area contributed by atoms with Crippen LogP contribution in [0.1, 0.15) is 5.56 Å². The van der Waals surface area contributed by atoms with E-state index in [1.54, 1.807) is 6.07 Å². The van der Waals surface area contributed by atoms with Crippen LogP contribution in [0.2, 0.25) is 0 Å². The van der Waals surface area contributed by atoms with Gasteiger partial charge in [-0.05, 0) is 17.2 Å². The van der Waals surface area contributed by atoms with Gasteiger partial charge in [0.1, 0.15) is 6.07 Å².